The van der Waals surface area contributed by atoms with Crippen LogP contribution in [0, 0.1) is 0 Å². The maximum atomic E-state index is 12.4. The fraction of sp³-hybridized carbons (Fsp3) is 0.278. The largest absolute Gasteiger partial charge is 0.491 e. The Balaban J connectivity index is 2.09. The van der Waals surface area contributed by atoms with Crippen LogP contribution in [0.1, 0.15) is 42.2 Å². The van der Waals surface area contributed by atoms with E-state index in [1.807, 2.05) is 44.2 Å². The summed E-state index contributed by atoms with van der Waals surface area (Å²) in [5.74, 6) is 0.416. The number of nitrogens with two attached hydrogens (primary N) is 1. The van der Waals surface area contributed by atoms with Gasteiger partial charge in [-0.1, -0.05) is 37.3 Å². The van der Waals surface area contributed by atoms with Crippen LogP contribution in [-0.2, 0) is 0 Å². The highest BCUT2D eigenvalue weighted by atomic mass is 16.5. The Hall–Kier alpha value is -2.49. The van der Waals surface area contributed by atoms with E-state index in [1.165, 1.54) is 0 Å². The van der Waals surface area contributed by atoms with Crippen LogP contribution in [0.15, 0.2) is 48.5 Å². The van der Waals surface area contributed by atoms with Crippen LogP contribution in [0.2, 0.25) is 0 Å². The minimum Gasteiger partial charge on any atom is -0.491 e. The maximum Gasteiger partial charge on any atom is 0.251 e. The molecule has 3 N–H and O–H groups in total. The molecule has 0 aromatic heterocycles. The monoisotopic (exact) mass is 298 g/mol. The van der Waals surface area contributed by atoms with Gasteiger partial charge in [-0.2, -0.15) is 0 Å². The highest BCUT2D eigenvalue weighted by Crippen LogP contribution is 2.23. The predicted molar refractivity (Wildman–Crippen MR) is 89.0 cm³/mol. The van der Waals surface area contributed by atoms with Crippen molar-refractivity contribution in [3.8, 4) is 5.75 Å². The van der Waals surface area contributed by atoms with Crippen molar-refractivity contribution in [1.29, 1.82) is 0 Å². The summed E-state index contributed by atoms with van der Waals surface area (Å²) in [5.41, 5.74) is 8.02. The Morgan fingerprint density at radius 2 is 1.95 bits per heavy atom. The molecule has 0 aliphatic rings. The SMILES string of the molecule is CCCOc1cc(C(=O)NC(C)c2ccccc2)ccc1N. The first-order chi connectivity index (χ1) is 10.6. The molecule has 4 nitrogen and oxygen atoms in total. The minimum absolute atomic E-state index is 0.0636. The Morgan fingerprint density at radius 1 is 1.23 bits per heavy atom. The van der Waals surface area contributed by atoms with Gasteiger partial charge in [0.15, 0.2) is 0 Å². The van der Waals surface area contributed by atoms with Crippen molar-refractivity contribution in [1.82, 2.24) is 5.32 Å². The molecule has 1 amide bonds. The number of amides is 1. The van der Waals surface area contributed by atoms with E-state index in [-0.39, 0.29) is 11.9 Å². The van der Waals surface area contributed by atoms with Gasteiger partial charge in [-0.05, 0) is 37.1 Å². The first-order valence-electron chi connectivity index (χ1n) is 7.50. The molecule has 1 atom stereocenters. The molecule has 0 fully saturated rings. The fourth-order valence-corrected chi connectivity index (χ4v) is 2.12. The standard InChI is InChI=1S/C18H22N2O2/c1-3-11-22-17-12-15(9-10-16(17)19)18(21)20-13(2)14-7-5-4-6-8-14/h4-10,12-13H,3,11,19H2,1-2H3,(H,20,21). The van der Waals surface area contributed by atoms with Crippen LogP contribution in [0.4, 0.5) is 5.69 Å². The van der Waals surface area contributed by atoms with E-state index < -0.39 is 0 Å². The van der Waals surface area contributed by atoms with Crippen LogP contribution in [0.3, 0.4) is 0 Å². The van der Waals surface area contributed by atoms with Crippen LogP contribution >= 0.6 is 0 Å². The third-order valence-corrected chi connectivity index (χ3v) is 3.38. The average molecular weight is 298 g/mol. The second kappa shape index (κ2) is 7.50. The molecule has 0 spiro atoms. The van der Waals surface area contributed by atoms with E-state index in [9.17, 15) is 4.79 Å². The average Bonchev–Trinajstić information content (AvgIpc) is 2.54. The molecule has 2 rings (SSSR count). The van der Waals surface area contributed by atoms with Crippen molar-refractivity contribution >= 4 is 11.6 Å². The highest BCUT2D eigenvalue weighted by Gasteiger charge is 2.13. The molecule has 0 saturated carbocycles. The zero-order chi connectivity index (χ0) is 15.9. The number of hydrogen-bond acceptors (Lipinski definition) is 3. The summed E-state index contributed by atoms with van der Waals surface area (Å²) >= 11 is 0. The normalized spacial score (nSPS) is 11.7. The number of ether oxygens (including phenoxy) is 1. The Kier molecular flexibility index (Phi) is 5.42. The van der Waals surface area contributed by atoms with Crippen molar-refractivity contribution in [2.75, 3.05) is 12.3 Å². The maximum absolute atomic E-state index is 12.4. The van der Waals surface area contributed by atoms with Gasteiger partial charge in [-0.3, -0.25) is 4.79 Å². The summed E-state index contributed by atoms with van der Waals surface area (Å²) in [6.07, 6.45) is 0.890. The molecular weight excluding hydrogens is 276 g/mol. The fourth-order valence-electron chi connectivity index (χ4n) is 2.12. The third kappa shape index (κ3) is 4.01. The van der Waals surface area contributed by atoms with E-state index in [4.69, 9.17) is 10.5 Å². The quantitative estimate of drug-likeness (QED) is 0.802. The van der Waals surface area contributed by atoms with Gasteiger partial charge in [0.25, 0.3) is 5.91 Å². The van der Waals surface area contributed by atoms with Gasteiger partial charge in [0, 0.05) is 5.56 Å². The smallest absolute Gasteiger partial charge is 0.251 e. The molecule has 0 bridgehead atoms. The van der Waals surface area contributed by atoms with Gasteiger partial charge < -0.3 is 15.8 Å². The topological polar surface area (TPSA) is 64.3 Å². The minimum atomic E-state index is -0.141. The molecule has 1 unspecified atom stereocenters. The lowest BCUT2D eigenvalue weighted by molar-refractivity contribution is 0.0939. The Labute approximate surface area is 131 Å². The van der Waals surface area contributed by atoms with E-state index in [0.717, 1.165) is 12.0 Å². The second-order valence-corrected chi connectivity index (χ2v) is 5.21. The first-order valence-corrected chi connectivity index (χ1v) is 7.50. The van der Waals surface area contributed by atoms with Crippen LogP contribution in [0.5, 0.6) is 5.75 Å². The number of benzene rings is 2. The summed E-state index contributed by atoms with van der Waals surface area (Å²) in [4.78, 5) is 12.4. The molecule has 0 heterocycles. The number of carbonyl (C=O) groups is 1. The summed E-state index contributed by atoms with van der Waals surface area (Å²) in [7, 11) is 0. The Bertz CT molecular complexity index is 626. The van der Waals surface area contributed by atoms with E-state index in [2.05, 4.69) is 5.32 Å². The van der Waals surface area contributed by atoms with Gasteiger partial charge in [-0.15, -0.1) is 0 Å². The number of rotatable bonds is 6. The number of carbonyl (C=O) groups excluding carboxylic acids is 1. The Morgan fingerprint density at radius 3 is 2.64 bits per heavy atom. The molecule has 2 aromatic carbocycles. The van der Waals surface area contributed by atoms with Crippen molar-refractivity contribution in [2.45, 2.75) is 26.3 Å². The summed E-state index contributed by atoms with van der Waals surface area (Å²) in [6, 6.07) is 14.9. The zero-order valence-corrected chi connectivity index (χ0v) is 13.0. The summed E-state index contributed by atoms with van der Waals surface area (Å²) < 4.78 is 5.56. The second-order valence-electron chi connectivity index (χ2n) is 5.21. The number of nitrogen functional groups attached to an aromatic ring is 1. The summed E-state index contributed by atoms with van der Waals surface area (Å²) in [5, 5.41) is 2.98. The molecule has 2 aromatic rings. The molecule has 116 valence electrons. The molecular formula is C18H22N2O2. The van der Waals surface area contributed by atoms with Gasteiger partial charge in [0.2, 0.25) is 0 Å². The first kappa shape index (κ1) is 15.9. The summed E-state index contributed by atoms with van der Waals surface area (Å²) in [6.45, 7) is 4.56. The van der Waals surface area contributed by atoms with Crippen molar-refractivity contribution in [2.24, 2.45) is 0 Å². The van der Waals surface area contributed by atoms with Crippen molar-refractivity contribution < 1.29 is 9.53 Å². The molecule has 22 heavy (non-hydrogen) atoms. The van der Waals surface area contributed by atoms with Crippen LogP contribution < -0.4 is 15.8 Å². The molecule has 0 radical (unpaired) electrons. The lowest BCUT2D eigenvalue weighted by atomic mass is 10.1. The molecule has 0 aliphatic carbocycles. The predicted octanol–water partition coefficient (Wildman–Crippen LogP) is 3.55. The number of hydrogen-bond donors (Lipinski definition) is 2. The molecule has 0 aliphatic heterocycles. The van der Waals surface area contributed by atoms with Gasteiger partial charge in [0.05, 0.1) is 18.3 Å². The van der Waals surface area contributed by atoms with E-state index in [1.54, 1.807) is 18.2 Å². The third-order valence-electron chi connectivity index (χ3n) is 3.38. The van der Waals surface area contributed by atoms with Crippen LogP contribution in [-0.4, -0.2) is 12.5 Å². The zero-order valence-electron chi connectivity index (χ0n) is 13.0. The molecule has 4 heteroatoms. The van der Waals surface area contributed by atoms with E-state index >= 15 is 0 Å². The highest BCUT2D eigenvalue weighted by molar-refractivity contribution is 5.95. The van der Waals surface area contributed by atoms with Crippen molar-refractivity contribution in [3.63, 3.8) is 0 Å². The van der Waals surface area contributed by atoms with Gasteiger partial charge in [0.1, 0.15) is 5.75 Å². The molecule has 0 saturated heterocycles. The number of nitrogens with one attached hydrogen (secondary N) is 1. The van der Waals surface area contributed by atoms with Gasteiger partial charge >= 0.3 is 0 Å². The number of anilines is 1. The lowest BCUT2D eigenvalue weighted by Crippen LogP contribution is -2.26. The van der Waals surface area contributed by atoms with E-state index in [0.29, 0.717) is 23.6 Å². The van der Waals surface area contributed by atoms with Gasteiger partial charge in [-0.25, -0.2) is 0 Å². The van der Waals surface area contributed by atoms with Crippen molar-refractivity contribution in [3.05, 3.63) is 59.7 Å². The lowest BCUT2D eigenvalue weighted by Gasteiger charge is -2.15. The van der Waals surface area contributed by atoms with Crippen LogP contribution in [0.25, 0.3) is 0 Å².